The van der Waals surface area contributed by atoms with E-state index in [0.29, 0.717) is 5.69 Å². The zero-order valence-electron chi connectivity index (χ0n) is 7.94. The van der Waals surface area contributed by atoms with Crippen LogP contribution in [0.4, 0.5) is 13.2 Å². The number of ether oxygens (including phenoxy) is 2. The van der Waals surface area contributed by atoms with Crippen molar-refractivity contribution in [3.63, 3.8) is 0 Å². The third-order valence-electron chi connectivity index (χ3n) is 1.53. The first-order valence-electron chi connectivity index (χ1n) is 3.87. The molecule has 0 radical (unpaired) electrons. The second-order valence-electron chi connectivity index (χ2n) is 2.73. The molecule has 7 heteroatoms. The summed E-state index contributed by atoms with van der Waals surface area (Å²) in [6, 6.07) is 1.24. The molecule has 0 spiro atoms. The van der Waals surface area contributed by atoms with Crippen LogP contribution in [0.3, 0.4) is 0 Å². The molecular formula is C8H8F3NO3. The minimum Gasteiger partial charge on any atom is -0.493 e. The van der Waals surface area contributed by atoms with E-state index in [1.807, 2.05) is 0 Å². The summed E-state index contributed by atoms with van der Waals surface area (Å²) < 4.78 is 43.9. The molecule has 0 atom stereocenters. The zero-order valence-corrected chi connectivity index (χ0v) is 7.94. The van der Waals surface area contributed by atoms with Gasteiger partial charge in [-0.15, -0.1) is 13.2 Å². The van der Waals surface area contributed by atoms with Crippen molar-refractivity contribution in [2.45, 2.75) is 13.3 Å². The van der Waals surface area contributed by atoms with Gasteiger partial charge < -0.3 is 14.5 Å². The number of alkyl halides is 3. The van der Waals surface area contributed by atoms with Gasteiger partial charge in [-0.3, -0.25) is 4.79 Å². The number of hydrogen-bond acceptors (Lipinski definition) is 3. The van der Waals surface area contributed by atoms with Crippen LogP contribution in [-0.2, 0) is 0 Å². The van der Waals surface area contributed by atoms with Crippen molar-refractivity contribution in [2.75, 3.05) is 7.11 Å². The van der Waals surface area contributed by atoms with Gasteiger partial charge in [0.1, 0.15) is 0 Å². The van der Waals surface area contributed by atoms with Gasteiger partial charge >= 0.3 is 6.36 Å². The molecule has 0 aliphatic carbocycles. The molecule has 1 N–H and O–H groups in total. The van der Waals surface area contributed by atoms with E-state index in [-0.39, 0.29) is 5.75 Å². The number of aromatic amines is 1. The Morgan fingerprint density at radius 3 is 2.47 bits per heavy atom. The molecule has 0 amide bonds. The van der Waals surface area contributed by atoms with E-state index >= 15 is 0 Å². The summed E-state index contributed by atoms with van der Waals surface area (Å²) in [5, 5.41) is 0. The van der Waals surface area contributed by atoms with Crippen molar-refractivity contribution < 1.29 is 22.6 Å². The Kier molecular flexibility index (Phi) is 2.92. The molecular weight excluding hydrogens is 215 g/mol. The van der Waals surface area contributed by atoms with Crippen LogP contribution in [0.25, 0.3) is 0 Å². The first kappa shape index (κ1) is 11.4. The van der Waals surface area contributed by atoms with Crippen LogP contribution in [0.2, 0.25) is 0 Å². The van der Waals surface area contributed by atoms with Gasteiger partial charge in [0.25, 0.3) is 5.56 Å². The summed E-state index contributed by atoms with van der Waals surface area (Å²) in [5.41, 5.74) is -0.601. The third kappa shape index (κ3) is 2.90. The van der Waals surface area contributed by atoms with Crippen LogP contribution < -0.4 is 15.0 Å². The predicted octanol–water partition coefficient (Wildman–Crippen LogP) is 1.59. The van der Waals surface area contributed by atoms with E-state index in [4.69, 9.17) is 0 Å². The molecule has 0 aromatic carbocycles. The van der Waals surface area contributed by atoms with Gasteiger partial charge in [-0.05, 0) is 6.92 Å². The maximum Gasteiger partial charge on any atom is 0.573 e. The van der Waals surface area contributed by atoms with Gasteiger partial charge in [0.2, 0.25) is 5.75 Å². The van der Waals surface area contributed by atoms with Crippen LogP contribution in [0.5, 0.6) is 11.5 Å². The van der Waals surface area contributed by atoms with Crippen molar-refractivity contribution in [3.05, 3.63) is 22.1 Å². The fourth-order valence-corrected chi connectivity index (χ4v) is 1.01. The number of nitrogens with one attached hydrogen (secondary N) is 1. The lowest BCUT2D eigenvalue weighted by Crippen LogP contribution is -2.23. The quantitative estimate of drug-likeness (QED) is 0.828. The molecule has 0 saturated carbocycles. The second kappa shape index (κ2) is 3.84. The normalized spacial score (nSPS) is 11.3. The highest BCUT2D eigenvalue weighted by Crippen LogP contribution is 2.28. The number of pyridine rings is 1. The van der Waals surface area contributed by atoms with Gasteiger partial charge in [-0.25, -0.2) is 0 Å². The number of halogens is 3. The average molecular weight is 223 g/mol. The average Bonchev–Trinajstić information content (AvgIpc) is 2.07. The lowest BCUT2D eigenvalue weighted by Gasteiger charge is -2.11. The fraction of sp³-hybridized carbons (Fsp3) is 0.375. The van der Waals surface area contributed by atoms with Gasteiger partial charge in [-0.1, -0.05) is 0 Å². The minimum atomic E-state index is -4.92. The van der Waals surface area contributed by atoms with Gasteiger partial charge in [0.05, 0.1) is 7.11 Å². The van der Waals surface area contributed by atoms with Crippen molar-refractivity contribution in [2.24, 2.45) is 0 Å². The number of rotatable bonds is 2. The summed E-state index contributed by atoms with van der Waals surface area (Å²) in [5.74, 6) is -1.15. The van der Waals surface area contributed by atoms with E-state index in [1.54, 1.807) is 0 Å². The highest BCUT2D eigenvalue weighted by molar-refractivity contribution is 5.38. The molecule has 0 aliphatic rings. The maximum absolute atomic E-state index is 11.9. The van der Waals surface area contributed by atoms with E-state index in [9.17, 15) is 18.0 Å². The lowest BCUT2D eigenvalue weighted by atomic mass is 10.3. The first-order chi connectivity index (χ1) is 6.83. The smallest absolute Gasteiger partial charge is 0.493 e. The molecule has 0 unspecified atom stereocenters. The van der Waals surface area contributed by atoms with Crippen LogP contribution in [-0.4, -0.2) is 18.5 Å². The zero-order chi connectivity index (χ0) is 11.6. The largest absolute Gasteiger partial charge is 0.573 e. The monoisotopic (exact) mass is 223 g/mol. The lowest BCUT2D eigenvalue weighted by molar-refractivity contribution is -0.275. The van der Waals surface area contributed by atoms with Crippen LogP contribution >= 0.6 is 0 Å². The molecule has 1 aromatic heterocycles. The molecule has 0 aliphatic heterocycles. The topological polar surface area (TPSA) is 51.3 Å². The van der Waals surface area contributed by atoms with Gasteiger partial charge in [-0.2, -0.15) is 0 Å². The van der Waals surface area contributed by atoms with E-state index < -0.39 is 17.7 Å². The Morgan fingerprint density at radius 2 is 2.00 bits per heavy atom. The Labute approximate surface area is 82.6 Å². The van der Waals surface area contributed by atoms with Gasteiger partial charge in [0, 0.05) is 11.8 Å². The highest BCUT2D eigenvalue weighted by atomic mass is 19.4. The van der Waals surface area contributed by atoms with E-state index in [0.717, 1.165) is 7.11 Å². The Bertz CT molecular complexity index is 411. The van der Waals surface area contributed by atoms with E-state index in [1.165, 1.54) is 13.0 Å². The van der Waals surface area contributed by atoms with Crippen LogP contribution in [0.15, 0.2) is 10.9 Å². The maximum atomic E-state index is 11.9. The molecule has 15 heavy (non-hydrogen) atoms. The molecule has 0 fully saturated rings. The molecule has 4 nitrogen and oxygen atoms in total. The SMILES string of the molecule is COc1cc(C)[nH]c(=O)c1OC(F)(F)F. The summed E-state index contributed by atoms with van der Waals surface area (Å²) in [6.45, 7) is 1.52. The summed E-state index contributed by atoms with van der Waals surface area (Å²) in [6.07, 6.45) is -4.92. The molecule has 0 saturated heterocycles. The Morgan fingerprint density at radius 1 is 1.40 bits per heavy atom. The molecule has 1 rings (SSSR count). The minimum absolute atomic E-state index is 0.256. The molecule has 1 aromatic rings. The Balaban J connectivity index is 3.22. The summed E-state index contributed by atoms with van der Waals surface area (Å²) in [7, 11) is 1.15. The van der Waals surface area contributed by atoms with Crippen LogP contribution in [0, 0.1) is 6.92 Å². The van der Waals surface area contributed by atoms with Crippen molar-refractivity contribution in [1.29, 1.82) is 0 Å². The number of hydrogen-bond donors (Lipinski definition) is 1. The first-order valence-corrected chi connectivity index (χ1v) is 3.87. The highest BCUT2D eigenvalue weighted by Gasteiger charge is 2.34. The van der Waals surface area contributed by atoms with Crippen molar-refractivity contribution in [1.82, 2.24) is 4.98 Å². The molecule has 0 bridgehead atoms. The number of methoxy groups -OCH3 is 1. The summed E-state index contributed by atoms with van der Waals surface area (Å²) >= 11 is 0. The standard InChI is InChI=1S/C8H8F3NO3/c1-4-3-5(14-2)6(7(13)12-4)15-8(9,10)11/h3H,1-2H3,(H,12,13). The van der Waals surface area contributed by atoms with Crippen LogP contribution in [0.1, 0.15) is 5.69 Å². The third-order valence-corrected chi connectivity index (χ3v) is 1.53. The number of aryl methyl sites for hydroxylation is 1. The number of aromatic nitrogens is 1. The number of H-pyrrole nitrogens is 1. The predicted molar refractivity (Wildman–Crippen MR) is 45.0 cm³/mol. The molecule has 84 valence electrons. The molecule has 1 heterocycles. The van der Waals surface area contributed by atoms with E-state index in [2.05, 4.69) is 14.5 Å². The van der Waals surface area contributed by atoms with Crippen molar-refractivity contribution >= 4 is 0 Å². The second-order valence-corrected chi connectivity index (χ2v) is 2.73. The fourth-order valence-electron chi connectivity index (χ4n) is 1.01. The van der Waals surface area contributed by atoms with Gasteiger partial charge in [0.15, 0.2) is 5.75 Å². The summed E-state index contributed by atoms with van der Waals surface area (Å²) in [4.78, 5) is 13.3. The Hall–Kier alpha value is -1.66. The van der Waals surface area contributed by atoms with Crippen molar-refractivity contribution in [3.8, 4) is 11.5 Å².